The van der Waals surface area contributed by atoms with E-state index >= 15 is 0 Å². The molecule has 0 atom stereocenters. The molecular formula is C7H10ClN3. The quantitative estimate of drug-likeness (QED) is 0.735. The summed E-state index contributed by atoms with van der Waals surface area (Å²) in [5.41, 5.74) is 8.00. The Hall–Kier alpha value is -0.960. The Labute approximate surface area is 70.5 Å². The van der Waals surface area contributed by atoms with E-state index in [4.69, 9.17) is 17.3 Å². The molecule has 2 N–H and O–H groups in total. The summed E-state index contributed by atoms with van der Waals surface area (Å²) in [6.45, 7) is 2.63. The lowest BCUT2D eigenvalue weighted by Gasteiger charge is -1.98. The van der Waals surface area contributed by atoms with E-state index in [0.717, 1.165) is 5.57 Å². The number of nitrogens with two attached hydrogens (primary N) is 1. The second-order valence-corrected chi connectivity index (χ2v) is 2.61. The molecule has 60 valence electrons. The Balaban J connectivity index is 2.65. The summed E-state index contributed by atoms with van der Waals surface area (Å²) in [7, 11) is 0. The highest BCUT2D eigenvalue weighted by Crippen LogP contribution is 2.02. The summed E-state index contributed by atoms with van der Waals surface area (Å²) in [6.07, 6.45) is 1.82. The van der Waals surface area contributed by atoms with Gasteiger partial charge in [0.2, 0.25) is 0 Å². The summed E-state index contributed by atoms with van der Waals surface area (Å²) in [5, 5.41) is 3.99. The molecule has 3 nitrogen and oxygen atoms in total. The Morgan fingerprint density at radius 1 is 1.91 bits per heavy atom. The first-order valence-corrected chi connectivity index (χ1v) is 3.71. The monoisotopic (exact) mass is 171 g/mol. The minimum atomic E-state index is 0.535. The van der Waals surface area contributed by atoms with Crippen LogP contribution in [0.4, 0.5) is 5.82 Å². The zero-order valence-corrected chi connectivity index (χ0v) is 7.04. The van der Waals surface area contributed by atoms with Crippen LogP contribution in [0, 0.1) is 0 Å². The van der Waals surface area contributed by atoms with Crippen molar-refractivity contribution in [1.29, 1.82) is 0 Å². The fourth-order valence-corrected chi connectivity index (χ4v) is 0.824. The number of nitrogens with zero attached hydrogens (tertiary/aromatic N) is 2. The number of rotatable bonds is 2. The van der Waals surface area contributed by atoms with E-state index in [1.165, 1.54) is 5.54 Å². The summed E-state index contributed by atoms with van der Waals surface area (Å²) < 4.78 is 1.74. The van der Waals surface area contributed by atoms with Gasteiger partial charge in [0.1, 0.15) is 5.82 Å². The molecule has 0 amide bonds. The van der Waals surface area contributed by atoms with Crippen molar-refractivity contribution in [3.63, 3.8) is 0 Å². The third-order valence-corrected chi connectivity index (χ3v) is 1.63. The molecule has 0 unspecified atom stereocenters. The van der Waals surface area contributed by atoms with Crippen molar-refractivity contribution in [2.45, 2.75) is 13.5 Å². The first-order chi connectivity index (χ1) is 5.22. The fraction of sp³-hybridized carbons (Fsp3) is 0.286. The number of halogens is 1. The molecule has 0 aliphatic rings. The zero-order valence-electron chi connectivity index (χ0n) is 6.29. The normalized spacial score (nSPS) is 12.0. The lowest BCUT2D eigenvalue weighted by Crippen LogP contribution is -2.00. The van der Waals surface area contributed by atoms with Crippen LogP contribution in [0.25, 0.3) is 0 Å². The van der Waals surface area contributed by atoms with Gasteiger partial charge in [0, 0.05) is 11.7 Å². The lowest BCUT2D eigenvalue weighted by molar-refractivity contribution is 0.681. The van der Waals surface area contributed by atoms with Crippen LogP contribution in [-0.4, -0.2) is 9.78 Å². The fourth-order valence-electron chi connectivity index (χ4n) is 0.755. The number of hydrogen-bond donors (Lipinski definition) is 1. The third-order valence-electron chi connectivity index (χ3n) is 1.26. The van der Waals surface area contributed by atoms with Crippen molar-refractivity contribution in [2.75, 3.05) is 5.73 Å². The van der Waals surface area contributed by atoms with Crippen LogP contribution in [-0.2, 0) is 6.54 Å². The average Bonchev–Trinajstić information content (AvgIpc) is 2.35. The summed E-state index contributed by atoms with van der Waals surface area (Å²) >= 11 is 5.47. The Morgan fingerprint density at radius 3 is 3.09 bits per heavy atom. The Kier molecular flexibility index (Phi) is 2.54. The Morgan fingerprint density at radius 2 is 2.64 bits per heavy atom. The molecule has 0 radical (unpaired) electrons. The van der Waals surface area contributed by atoms with E-state index in [1.54, 1.807) is 10.7 Å². The summed E-state index contributed by atoms with van der Waals surface area (Å²) in [4.78, 5) is 0. The highest BCUT2D eigenvalue weighted by atomic mass is 35.5. The van der Waals surface area contributed by atoms with Gasteiger partial charge in [-0.1, -0.05) is 11.6 Å². The van der Waals surface area contributed by atoms with Gasteiger partial charge in [0.05, 0.1) is 6.54 Å². The van der Waals surface area contributed by atoms with Crippen LogP contribution in [0.15, 0.2) is 23.4 Å². The minimum Gasteiger partial charge on any atom is -0.382 e. The maximum atomic E-state index is 5.47. The third kappa shape index (κ3) is 2.27. The van der Waals surface area contributed by atoms with Crippen molar-refractivity contribution < 1.29 is 0 Å². The van der Waals surface area contributed by atoms with Crippen molar-refractivity contribution in [1.82, 2.24) is 9.78 Å². The molecule has 1 heterocycles. The SMILES string of the molecule is C/C(=C/Cl)Cn1ccc(N)n1. The van der Waals surface area contributed by atoms with Gasteiger partial charge >= 0.3 is 0 Å². The minimum absolute atomic E-state index is 0.535. The van der Waals surface area contributed by atoms with Gasteiger partial charge in [0.25, 0.3) is 0 Å². The van der Waals surface area contributed by atoms with Gasteiger partial charge < -0.3 is 5.73 Å². The molecule has 0 aliphatic carbocycles. The van der Waals surface area contributed by atoms with Crippen LogP contribution in [0.5, 0.6) is 0 Å². The van der Waals surface area contributed by atoms with Crippen LogP contribution >= 0.6 is 11.6 Å². The van der Waals surface area contributed by atoms with E-state index in [2.05, 4.69) is 5.10 Å². The topological polar surface area (TPSA) is 43.8 Å². The van der Waals surface area contributed by atoms with Gasteiger partial charge in [-0.25, -0.2) is 0 Å². The van der Waals surface area contributed by atoms with Gasteiger partial charge in [-0.05, 0) is 18.6 Å². The number of allylic oxidation sites excluding steroid dienone is 1. The number of hydrogen-bond acceptors (Lipinski definition) is 2. The van der Waals surface area contributed by atoms with Crippen molar-refractivity contribution in [3.8, 4) is 0 Å². The van der Waals surface area contributed by atoms with Crippen molar-refractivity contribution in [2.24, 2.45) is 0 Å². The van der Waals surface area contributed by atoms with Crippen LogP contribution in [0.1, 0.15) is 6.92 Å². The molecule has 0 aromatic carbocycles. The summed E-state index contributed by atoms with van der Waals surface area (Å²) in [5.74, 6) is 0.535. The molecule has 0 spiro atoms. The van der Waals surface area contributed by atoms with Crippen LogP contribution in [0.2, 0.25) is 0 Å². The van der Waals surface area contributed by atoms with E-state index < -0.39 is 0 Å². The lowest BCUT2D eigenvalue weighted by atomic mass is 10.3. The molecule has 4 heteroatoms. The molecule has 1 rings (SSSR count). The largest absolute Gasteiger partial charge is 0.382 e. The van der Waals surface area contributed by atoms with Crippen molar-refractivity contribution in [3.05, 3.63) is 23.4 Å². The van der Waals surface area contributed by atoms with Crippen LogP contribution < -0.4 is 5.73 Å². The van der Waals surface area contributed by atoms with Gasteiger partial charge in [0.15, 0.2) is 0 Å². The smallest absolute Gasteiger partial charge is 0.145 e. The maximum Gasteiger partial charge on any atom is 0.145 e. The van der Waals surface area contributed by atoms with E-state index in [0.29, 0.717) is 12.4 Å². The van der Waals surface area contributed by atoms with Gasteiger partial charge in [-0.2, -0.15) is 5.10 Å². The zero-order chi connectivity index (χ0) is 8.27. The highest BCUT2D eigenvalue weighted by Gasteiger charge is 1.94. The Bertz CT molecular complexity index is 264. The average molecular weight is 172 g/mol. The van der Waals surface area contributed by atoms with Crippen LogP contribution in [0.3, 0.4) is 0 Å². The number of anilines is 1. The molecule has 0 saturated heterocycles. The molecule has 1 aromatic rings. The molecule has 1 aromatic heterocycles. The first-order valence-electron chi connectivity index (χ1n) is 3.27. The predicted octanol–water partition coefficient (Wildman–Crippen LogP) is 1.61. The molecule has 0 bridgehead atoms. The molecule has 0 fully saturated rings. The van der Waals surface area contributed by atoms with Gasteiger partial charge in [-0.3, -0.25) is 4.68 Å². The second kappa shape index (κ2) is 3.44. The summed E-state index contributed by atoms with van der Waals surface area (Å²) in [6, 6.07) is 1.75. The molecule has 0 aliphatic heterocycles. The molecule has 0 saturated carbocycles. The van der Waals surface area contributed by atoms with E-state index in [9.17, 15) is 0 Å². The number of aromatic nitrogens is 2. The predicted molar refractivity (Wildman–Crippen MR) is 46.2 cm³/mol. The highest BCUT2D eigenvalue weighted by molar-refractivity contribution is 6.25. The van der Waals surface area contributed by atoms with Crippen molar-refractivity contribution >= 4 is 17.4 Å². The van der Waals surface area contributed by atoms with E-state index in [-0.39, 0.29) is 0 Å². The second-order valence-electron chi connectivity index (χ2n) is 2.39. The van der Waals surface area contributed by atoms with E-state index in [1.807, 2.05) is 13.1 Å². The number of nitrogen functional groups attached to an aromatic ring is 1. The first kappa shape index (κ1) is 8.14. The maximum absolute atomic E-state index is 5.47. The standard InChI is InChI=1S/C7H10ClN3/c1-6(4-8)5-11-3-2-7(9)10-11/h2-4H,5H2,1H3,(H2,9,10)/b6-4-. The van der Waals surface area contributed by atoms with Gasteiger partial charge in [-0.15, -0.1) is 0 Å². The molecule has 11 heavy (non-hydrogen) atoms. The molecular weight excluding hydrogens is 162 g/mol.